The average Bonchev–Trinajstić information content (AvgIpc) is 4.09. The van der Waals surface area contributed by atoms with Crippen LogP contribution in [0.1, 0.15) is 0 Å². The Bertz CT molecular complexity index is 4220. The van der Waals surface area contributed by atoms with Gasteiger partial charge in [0.1, 0.15) is 22.3 Å². The van der Waals surface area contributed by atoms with Crippen LogP contribution in [0.15, 0.2) is 251 Å². The smallest absolute Gasteiger partial charge is 0.145 e. The molecule has 4 heteroatoms. The van der Waals surface area contributed by atoms with E-state index >= 15 is 0 Å². The third-order valence-corrected chi connectivity index (χ3v) is 13.8. The number of fused-ring (bicyclic) bond motifs is 10. The van der Waals surface area contributed by atoms with E-state index in [1.165, 1.54) is 27.1 Å². The Balaban J connectivity index is 1.05. The van der Waals surface area contributed by atoms with Crippen LogP contribution in [0, 0.1) is 0 Å². The van der Waals surface area contributed by atoms with Crippen LogP contribution in [0.4, 0.5) is 17.1 Å². The van der Waals surface area contributed by atoms with E-state index in [9.17, 15) is 0 Å². The molecule has 0 bridgehead atoms. The third kappa shape index (κ3) is 5.87. The van der Waals surface area contributed by atoms with Crippen LogP contribution >= 0.6 is 0 Å². The highest BCUT2D eigenvalue weighted by atomic mass is 16.3. The van der Waals surface area contributed by atoms with Crippen molar-refractivity contribution < 1.29 is 8.83 Å². The van der Waals surface area contributed by atoms with Crippen molar-refractivity contribution in [2.75, 3.05) is 4.90 Å². The second-order valence-corrected chi connectivity index (χ2v) is 17.6. The molecule has 0 amide bonds. The molecule has 0 radical (unpaired) electrons. The SMILES string of the molecule is c1cc(-c2c(N(c3ccc(-c4cccc5ccccc45)cc3)c3ccccc3-c3cccc4oc5ccccc5c34)ccc3c2oc2ccccc23)cc(-n2c3ccccc3c3ccccc32)c1. The van der Waals surface area contributed by atoms with Crippen molar-refractivity contribution in [3.63, 3.8) is 0 Å². The molecule has 0 saturated heterocycles. The van der Waals surface area contributed by atoms with Gasteiger partial charge in [-0.1, -0.05) is 170 Å². The summed E-state index contributed by atoms with van der Waals surface area (Å²) in [6.07, 6.45) is 0. The van der Waals surface area contributed by atoms with Crippen molar-refractivity contribution in [1.82, 2.24) is 4.57 Å². The van der Waals surface area contributed by atoms with E-state index in [-0.39, 0.29) is 0 Å². The van der Waals surface area contributed by atoms with Gasteiger partial charge in [-0.2, -0.15) is 0 Å². The summed E-state index contributed by atoms with van der Waals surface area (Å²) < 4.78 is 15.9. The Morgan fingerprint density at radius 2 is 0.926 bits per heavy atom. The van der Waals surface area contributed by atoms with Gasteiger partial charge in [-0.25, -0.2) is 0 Å². The molecule has 318 valence electrons. The van der Waals surface area contributed by atoms with Crippen molar-refractivity contribution in [2.45, 2.75) is 0 Å². The molecule has 68 heavy (non-hydrogen) atoms. The fraction of sp³-hybridized carbons (Fsp3) is 0. The normalized spacial score (nSPS) is 11.8. The van der Waals surface area contributed by atoms with E-state index in [1.807, 2.05) is 6.07 Å². The van der Waals surface area contributed by atoms with Crippen LogP contribution in [0.3, 0.4) is 0 Å². The van der Waals surface area contributed by atoms with Gasteiger partial charge in [-0.3, -0.25) is 0 Å². The first-order valence-corrected chi connectivity index (χ1v) is 23.2. The zero-order valence-corrected chi connectivity index (χ0v) is 36.8. The molecule has 0 fully saturated rings. The van der Waals surface area contributed by atoms with Gasteiger partial charge in [-0.05, 0) is 106 Å². The summed E-state index contributed by atoms with van der Waals surface area (Å²) >= 11 is 0. The first-order valence-electron chi connectivity index (χ1n) is 23.2. The quantitative estimate of drug-likeness (QED) is 0.160. The van der Waals surface area contributed by atoms with Crippen molar-refractivity contribution >= 4 is 93.5 Å². The van der Waals surface area contributed by atoms with Crippen LogP contribution in [-0.2, 0) is 0 Å². The third-order valence-electron chi connectivity index (χ3n) is 13.8. The molecule has 0 unspecified atom stereocenters. The lowest BCUT2D eigenvalue weighted by molar-refractivity contribution is 0.669. The Hall–Kier alpha value is -9.12. The molecular formula is C64H40N2O2. The minimum absolute atomic E-state index is 0.834. The number of rotatable bonds is 7. The molecule has 14 aromatic rings. The number of anilines is 3. The summed E-state index contributed by atoms with van der Waals surface area (Å²) in [5, 5.41) is 9.23. The van der Waals surface area contributed by atoms with Gasteiger partial charge >= 0.3 is 0 Å². The minimum Gasteiger partial charge on any atom is -0.456 e. The topological polar surface area (TPSA) is 34.5 Å². The summed E-state index contributed by atoms with van der Waals surface area (Å²) in [6, 6.07) is 87.0. The first kappa shape index (κ1) is 38.2. The zero-order valence-electron chi connectivity index (χ0n) is 36.8. The number of aromatic nitrogens is 1. The van der Waals surface area contributed by atoms with E-state index < -0.39 is 0 Å². The molecule has 0 N–H and O–H groups in total. The lowest BCUT2D eigenvalue weighted by atomic mass is 9.94. The molecule has 4 nitrogen and oxygen atoms in total. The Morgan fingerprint density at radius 1 is 0.338 bits per heavy atom. The fourth-order valence-corrected chi connectivity index (χ4v) is 10.8. The molecule has 11 aromatic carbocycles. The van der Waals surface area contributed by atoms with Gasteiger partial charge in [0, 0.05) is 54.8 Å². The predicted octanol–water partition coefficient (Wildman–Crippen LogP) is 18.2. The highest BCUT2D eigenvalue weighted by Crippen LogP contribution is 2.50. The molecule has 0 aliphatic heterocycles. The lowest BCUT2D eigenvalue weighted by Gasteiger charge is -2.30. The maximum Gasteiger partial charge on any atom is 0.145 e. The van der Waals surface area contributed by atoms with E-state index in [4.69, 9.17) is 8.83 Å². The van der Waals surface area contributed by atoms with Gasteiger partial charge in [-0.15, -0.1) is 0 Å². The second-order valence-electron chi connectivity index (χ2n) is 17.6. The van der Waals surface area contributed by atoms with E-state index in [2.05, 4.69) is 246 Å². The maximum absolute atomic E-state index is 7.05. The summed E-state index contributed by atoms with van der Waals surface area (Å²) in [4.78, 5) is 2.43. The molecular weight excluding hydrogens is 829 g/mol. The van der Waals surface area contributed by atoms with E-state index in [0.29, 0.717) is 0 Å². The minimum atomic E-state index is 0.834. The fourth-order valence-electron chi connectivity index (χ4n) is 10.8. The molecule has 3 heterocycles. The summed E-state index contributed by atoms with van der Waals surface area (Å²) in [7, 11) is 0. The Labute approximate surface area is 391 Å². The predicted molar refractivity (Wildman–Crippen MR) is 284 cm³/mol. The second kappa shape index (κ2) is 15.2. The lowest BCUT2D eigenvalue weighted by Crippen LogP contribution is -2.12. The number of benzene rings is 11. The summed E-state index contributed by atoms with van der Waals surface area (Å²) in [5.74, 6) is 0. The van der Waals surface area contributed by atoms with Gasteiger partial charge < -0.3 is 18.3 Å². The zero-order chi connectivity index (χ0) is 44.7. The average molecular weight is 869 g/mol. The number of hydrogen-bond acceptors (Lipinski definition) is 3. The molecule has 0 aliphatic carbocycles. The molecule has 0 aliphatic rings. The standard InChI is InChI=1S/C64H40N2O2/c1-2-20-46-41(16-1)17-14-26-47(46)42-34-36-44(37-35-42)65(57-30-10-5-23-50(57)52-27-15-33-61-63(52)54-25-7-12-32-60(54)67-61)58-39-38-53-51-24-6-11-31-59(51)68-64(53)62(58)43-18-13-19-45(40-43)66-55-28-8-3-21-48(55)49-22-4-9-29-56(49)66/h1-40H. The van der Waals surface area contributed by atoms with Crippen LogP contribution in [0.2, 0.25) is 0 Å². The molecule has 3 aromatic heterocycles. The highest BCUT2D eigenvalue weighted by Gasteiger charge is 2.26. The summed E-state index contributed by atoms with van der Waals surface area (Å²) in [6.45, 7) is 0. The number of hydrogen-bond donors (Lipinski definition) is 0. The highest BCUT2D eigenvalue weighted by molar-refractivity contribution is 6.16. The Morgan fingerprint density at radius 3 is 1.74 bits per heavy atom. The van der Waals surface area contributed by atoms with Crippen molar-refractivity contribution in [3.05, 3.63) is 243 Å². The van der Waals surface area contributed by atoms with Gasteiger partial charge in [0.15, 0.2) is 0 Å². The van der Waals surface area contributed by atoms with Gasteiger partial charge in [0.25, 0.3) is 0 Å². The molecule has 0 atom stereocenters. The van der Waals surface area contributed by atoms with Crippen molar-refractivity contribution in [3.8, 4) is 39.1 Å². The van der Waals surface area contributed by atoms with Gasteiger partial charge in [0.2, 0.25) is 0 Å². The number of furan rings is 2. The first-order chi connectivity index (χ1) is 33.7. The molecule has 0 spiro atoms. The van der Waals surface area contributed by atoms with E-state index in [0.717, 1.165) is 105 Å². The van der Waals surface area contributed by atoms with Crippen LogP contribution in [0.25, 0.3) is 116 Å². The molecule has 14 rings (SSSR count). The van der Waals surface area contributed by atoms with Gasteiger partial charge in [0.05, 0.1) is 22.4 Å². The largest absolute Gasteiger partial charge is 0.456 e. The monoisotopic (exact) mass is 868 g/mol. The van der Waals surface area contributed by atoms with Crippen molar-refractivity contribution in [1.29, 1.82) is 0 Å². The van der Waals surface area contributed by atoms with Crippen LogP contribution < -0.4 is 4.90 Å². The van der Waals surface area contributed by atoms with E-state index in [1.54, 1.807) is 0 Å². The van der Waals surface area contributed by atoms with Crippen LogP contribution in [0.5, 0.6) is 0 Å². The molecule has 0 saturated carbocycles. The number of nitrogens with zero attached hydrogens (tertiary/aromatic N) is 2. The van der Waals surface area contributed by atoms with Crippen LogP contribution in [-0.4, -0.2) is 4.57 Å². The summed E-state index contributed by atoms with van der Waals surface area (Å²) in [5.41, 5.74) is 16.4. The number of para-hydroxylation sites is 5. The van der Waals surface area contributed by atoms with Crippen molar-refractivity contribution in [2.24, 2.45) is 0 Å². The Kier molecular flexibility index (Phi) is 8.55. The maximum atomic E-state index is 7.05.